The van der Waals surface area contributed by atoms with E-state index < -0.39 is 0 Å². The molecule has 5 heteroatoms. The zero-order valence-electron chi connectivity index (χ0n) is 9.84. The highest BCUT2D eigenvalue weighted by molar-refractivity contribution is 9.10. The number of nitriles is 1. The molecule has 2 aromatic rings. The van der Waals surface area contributed by atoms with Crippen molar-refractivity contribution in [1.29, 1.82) is 5.26 Å². The molecule has 0 aliphatic carbocycles. The minimum Gasteiger partial charge on any atom is -0.488 e. The molecule has 0 radical (unpaired) electrons. The lowest BCUT2D eigenvalue weighted by Gasteiger charge is -2.08. The number of carbonyl (C=O) groups is 1. The molecule has 0 saturated carbocycles. The summed E-state index contributed by atoms with van der Waals surface area (Å²) in [5.74, 6) is 0.501. The van der Waals surface area contributed by atoms with Crippen molar-refractivity contribution in [2.24, 2.45) is 0 Å². The van der Waals surface area contributed by atoms with Gasteiger partial charge in [-0.25, -0.2) is 0 Å². The number of nitrogens with zero attached hydrogens (tertiary/aromatic N) is 2. The molecule has 2 rings (SSSR count). The fourth-order valence-corrected chi connectivity index (χ4v) is 1.91. The first-order chi connectivity index (χ1) is 9.22. The number of hydrogen-bond donors (Lipinski definition) is 0. The smallest absolute Gasteiger partial charge is 0.153 e. The summed E-state index contributed by atoms with van der Waals surface area (Å²) in [5.41, 5.74) is 1.73. The molecule has 0 bridgehead atoms. The molecule has 0 amide bonds. The van der Waals surface area contributed by atoms with Gasteiger partial charge in [0.2, 0.25) is 0 Å². The summed E-state index contributed by atoms with van der Waals surface area (Å²) >= 11 is 3.29. The van der Waals surface area contributed by atoms with Crippen molar-refractivity contribution in [2.45, 2.75) is 6.61 Å². The average molecular weight is 317 g/mol. The average Bonchev–Trinajstić information content (AvgIpc) is 2.46. The Morgan fingerprint density at radius 1 is 1.37 bits per heavy atom. The number of benzene rings is 1. The largest absolute Gasteiger partial charge is 0.488 e. The predicted octanol–water partition coefficient (Wildman–Crippen LogP) is 3.11. The van der Waals surface area contributed by atoms with Crippen molar-refractivity contribution in [2.75, 3.05) is 0 Å². The molecule has 0 spiro atoms. The van der Waals surface area contributed by atoms with Crippen LogP contribution in [-0.4, -0.2) is 11.3 Å². The van der Waals surface area contributed by atoms with Gasteiger partial charge in [-0.2, -0.15) is 5.26 Å². The standard InChI is InChI=1S/C14H9BrN2O2/c15-13-1-2-14(12(4-13)8-18)19-9-11-3-10(5-16)6-17-7-11/h1-4,6-8H,9H2. The van der Waals surface area contributed by atoms with Crippen LogP contribution in [0.3, 0.4) is 0 Å². The van der Waals surface area contributed by atoms with E-state index in [4.69, 9.17) is 10.00 Å². The van der Waals surface area contributed by atoms with E-state index in [1.165, 1.54) is 6.20 Å². The van der Waals surface area contributed by atoms with Gasteiger partial charge in [-0.3, -0.25) is 9.78 Å². The van der Waals surface area contributed by atoms with Gasteiger partial charge in [-0.05, 0) is 24.3 Å². The molecular weight excluding hydrogens is 308 g/mol. The summed E-state index contributed by atoms with van der Waals surface area (Å²) in [5, 5.41) is 8.78. The Labute approximate surface area is 118 Å². The van der Waals surface area contributed by atoms with E-state index in [2.05, 4.69) is 20.9 Å². The molecule has 0 aliphatic rings. The van der Waals surface area contributed by atoms with Gasteiger partial charge in [0.1, 0.15) is 18.4 Å². The first-order valence-electron chi connectivity index (χ1n) is 5.44. The second-order valence-corrected chi connectivity index (χ2v) is 4.70. The molecule has 0 atom stereocenters. The molecule has 19 heavy (non-hydrogen) atoms. The molecule has 4 nitrogen and oxygen atoms in total. The lowest BCUT2D eigenvalue weighted by atomic mass is 10.2. The van der Waals surface area contributed by atoms with Gasteiger partial charge in [-0.15, -0.1) is 0 Å². The van der Waals surface area contributed by atoms with Gasteiger partial charge in [0, 0.05) is 22.4 Å². The van der Waals surface area contributed by atoms with E-state index in [-0.39, 0.29) is 6.61 Å². The van der Waals surface area contributed by atoms with Crippen LogP contribution in [0.2, 0.25) is 0 Å². The van der Waals surface area contributed by atoms with Crippen molar-refractivity contribution >= 4 is 22.2 Å². The number of rotatable bonds is 4. The molecule has 0 N–H and O–H groups in total. The molecule has 0 aliphatic heterocycles. The maximum Gasteiger partial charge on any atom is 0.153 e. The third kappa shape index (κ3) is 3.39. The van der Waals surface area contributed by atoms with Crippen molar-refractivity contribution in [3.63, 3.8) is 0 Å². The summed E-state index contributed by atoms with van der Waals surface area (Å²) in [6.45, 7) is 0.255. The number of carbonyl (C=O) groups excluding carboxylic acids is 1. The Bertz CT molecular complexity index is 650. The number of aromatic nitrogens is 1. The number of aldehydes is 1. The lowest BCUT2D eigenvalue weighted by molar-refractivity contribution is 0.111. The van der Waals surface area contributed by atoms with Crippen LogP contribution >= 0.6 is 15.9 Å². The van der Waals surface area contributed by atoms with Gasteiger partial charge < -0.3 is 4.74 Å². The highest BCUT2D eigenvalue weighted by atomic mass is 79.9. The molecular formula is C14H9BrN2O2. The summed E-state index contributed by atoms with van der Waals surface area (Å²) in [4.78, 5) is 14.9. The van der Waals surface area contributed by atoms with Crippen molar-refractivity contribution < 1.29 is 9.53 Å². The summed E-state index contributed by atoms with van der Waals surface area (Å²) in [7, 11) is 0. The van der Waals surface area contributed by atoms with Gasteiger partial charge >= 0.3 is 0 Å². The van der Waals surface area contributed by atoms with E-state index in [1.54, 1.807) is 30.5 Å². The maximum absolute atomic E-state index is 10.9. The van der Waals surface area contributed by atoms with Crippen molar-refractivity contribution in [1.82, 2.24) is 4.98 Å². The monoisotopic (exact) mass is 316 g/mol. The van der Waals surface area contributed by atoms with E-state index in [1.807, 2.05) is 6.07 Å². The van der Waals surface area contributed by atoms with Crippen molar-refractivity contribution in [3.8, 4) is 11.8 Å². The lowest BCUT2D eigenvalue weighted by Crippen LogP contribution is -1.99. The van der Waals surface area contributed by atoms with E-state index in [0.717, 1.165) is 16.3 Å². The first kappa shape index (κ1) is 13.2. The van der Waals surface area contributed by atoms with Crippen LogP contribution in [0.25, 0.3) is 0 Å². The Kier molecular flexibility index (Phi) is 4.26. The molecule has 1 heterocycles. The van der Waals surface area contributed by atoms with Crippen LogP contribution in [0.15, 0.2) is 41.1 Å². The minimum atomic E-state index is 0.255. The number of hydrogen-bond acceptors (Lipinski definition) is 4. The van der Waals surface area contributed by atoms with Gasteiger partial charge in [0.15, 0.2) is 6.29 Å². The van der Waals surface area contributed by atoms with Crippen LogP contribution in [0.1, 0.15) is 21.5 Å². The van der Waals surface area contributed by atoms with Crippen molar-refractivity contribution in [3.05, 3.63) is 57.8 Å². The van der Waals surface area contributed by atoms with E-state index in [9.17, 15) is 4.79 Å². The third-order valence-electron chi connectivity index (χ3n) is 2.42. The fourth-order valence-electron chi connectivity index (χ4n) is 1.53. The molecule has 1 aromatic heterocycles. The molecule has 0 saturated heterocycles. The highest BCUT2D eigenvalue weighted by Crippen LogP contribution is 2.22. The molecule has 1 aromatic carbocycles. The summed E-state index contributed by atoms with van der Waals surface area (Å²) in [6, 6.07) is 8.92. The number of ether oxygens (including phenoxy) is 1. The Morgan fingerprint density at radius 3 is 2.95 bits per heavy atom. The minimum absolute atomic E-state index is 0.255. The van der Waals surface area contributed by atoms with Gasteiger partial charge in [0.25, 0.3) is 0 Å². The Hall–Kier alpha value is -2.19. The highest BCUT2D eigenvalue weighted by Gasteiger charge is 2.04. The summed E-state index contributed by atoms with van der Waals surface area (Å²) < 4.78 is 6.38. The number of halogens is 1. The number of pyridine rings is 1. The summed E-state index contributed by atoms with van der Waals surface area (Å²) in [6.07, 6.45) is 3.85. The van der Waals surface area contributed by atoms with Crippen LogP contribution in [0.5, 0.6) is 5.75 Å². The van der Waals surface area contributed by atoms with Crippen LogP contribution in [0, 0.1) is 11.3 Å². The quantitative estimate of drug-likeness (QED) is 0.813. The van der Waals surface area contributed by atoms with Crippen LogP contribution in [-0.2, 0) is 6.61 Å². The van der Waals surface area contributed by atoms with E-state index in [0.29, 0.717) is 16.9 Å². The van der Waals surface area contributed by atoms with Crippen LogP contribution in [0.4, 0.5) is 0 Å². The van der Waals surface area contributed by atoms with Gasteiger partial charge in [-0.1, -0.05) is 15.9 Å². The molecule has 94 valence electrons. The fraction of sp³-hybridized carbons (Fsp3) is 0.0714. The normalized spacial score (nSPS) is 9.68. The first-order valence-corrected chi connectivity index (χ1v) is 6.24. The zero-order valence-corrected chi connectivity index (χ0v) is 11.4. The van der Waals surface area contributed by atoms with Crippen LogP contribution < -0.4 is 4.74 Å². The van der Waals surface area contributed by atoms with E-state index >= 15 is 0 Å². The second kappa shape index (κ2) is 6.12. The molecule has 0 unspecified atom stereocenters. The molecule has 0 fully saturated rings. The van der Waals surface area contributed by atoms with Gasteiger partial charge in [0.05, 0.1) is 11.1 Å². The SMILES string of the molecule is N#Cc1cncc(COc2ccc(Br)cc2C=O)c1. The zero-order chi connectivity index (χ0) is 13.7. The predicted molar refractivity (Wildman–Crippen MR) is 72.8 cm³/mol. The Morgan fingerprint density at radius 2 is 2.21 bits per heavy atom. The Balaban J connectivity index is 2.14. The topological polar surface area (TPSA) is 63.0 Å². The second-order valence-electron chi connectivity index (χ2n) is 3.78. The maximum atomic E-state index is 10.9. The third-order valence-corrected chi connectivity index (χ3v) is 2.91.